The highest BCUT2D eigenvalue weighted by atomic mass is 16.4. The topological polar surface area (TPSA) is 69.6 Å². The summed E-state index contributed by atoms with van der Waals surface area (Å²) in [7, 11) is 0. The summed E-state index contributed by atoms with van der Waals surface area (Å²) in [6.07, 6.45) is 6.37. The number of hydrazine groups is 1. The Morgan fingerprint density at radius 2 is 1.88 bits per heavy atom. The van der Waals surface area contributed by atoms with E-state index >= 15 is 0 Å². The molecule has 3 rings (SSSR count). The van der Waals surface area contributed by atoms with Gasteiger partial charge >= 0.3 is 5.97 Å². The summed E-state index contributed by atoms with van der Waals surface area (Å²) < 4.78 is 0. The van der Waals surface area contributed by atoms with Crippen LogP contribution in [0, 0.1) is 0 Å². The molecule has 1 heterocycles. The number of para-hydroxylation sites is 1. The molecular weight excluding hydrogens is 328 g/mol. The van der Waals surface area contributed by atoms with E-state index in [1.165, 1.54) is 5.56 Å². The van der Waals surface area contributed by atoms with Gasteiger partial charge in [-0.05, 0) is 48.6 Å². The van der Waals surface area contributed by atoms with Gasteiger partial charge in [0, 0.05) is 18.5 Å². The summed E-state index contributed by atoms with van der Waals surface area (Å²) >= 11 is 0. The Morgan fingerprint density at radius 1 is 1.12 bits per heavy atom. The molecule has 0 fully saturated rings. The largest absolute Gasteiger partial charge is 0.481 e. The number of hydrogen-bond donors (Lipinski definition) is 2. The average molecular weight is 350 g/mol. The molecule has 1 amide bonds. The van der Waals surface area contributed by atoms with Gasteiger partial charge in [0.25, 0.3) is 5.91 Å². The van der Waals surface area contributed by atoms with Crippen LogP contribution in [-0.4, -0.2) is 23.5 Å². The minimum atomic E-state index is -0.769. The number of carbonyl (C=O) groups excluding carboxylic acids is 1. The molecular formula is C21H22N2O3. The van der Waals surface area contributed by atoms with Crippen LogP contribution in [-0.2, 0) is 11.2 Å². The minimum absolute atomic E-state index is 0.126. The Labute approximate surface area is 152 Å². The maximum absolute atomic E-state index is 12.5. The highest BCUT2D eigenvalue weighted by Crippen LogP contribution is 2.25. The van der Waals surface area contributed by atoms with Crippen LogP contribution in [0.1, 0.15) is 40.7 Å². The summed E-state index contributed by atoms with van der Waals surface area (Å²) in [6.45, 7) is 0.780. The number of anilines is 1. The van der Waals surface area contributed by atoms with Crippen molar-refractivity contribution >= 4 is 23.6 Å². The lowest BCUT2D eigenvalue weighted by Crippen LogP contribution is -2.41. The Morgan fingerprint density at radius 3 is 2.65 bits per heavy atom. The van der Waals surface area contributed by atoms with Crippen LogP contribution in [0.15, 0.2) is 54.6 Å². The number of unbranched alkanes of at least 4 members (excludes halogenated alkanes) is 1. The number of nitrogens with zero attached hydrogens (tertiary/aromatic N) is 1. The van der Waals surface area contributed by atoms with Crippen molar-refractivity contribution in [3.05, 3.63) is 71.3 Å². The molecule has 0 atom stereocenters. The first-order valence-electron chi connectivity index (χ1n) is 8.78. The molecule has 0 aliphatic carbocycles. The third kappa shape index (κ3) is 4.51. The SMILES string of the molecule is O=C(O)CCC/C=C\c1ccc(C(=O)NN2CCc3ccccc32)cc1. The van der Waals surface area contributed by atoms with Gasteiger partial charge in [-0.3, -0.25) is 20.0 Å². The first-order valence-corrected chi connectivity index (χ1v) is 8.78. The van der Waals surface area contributed by atoms with E-state index in [4.69, 9.17) is 5.11 Å². The van der Waals surface area contributed by atoms with Crippen molar-refractivity contribution in [3.63, 3.8) is 0 Å². The van der Waals surface area contributed by atoms with Gasteiger partial charge in [0.1, 0.15) is 0 Å². The van der Waals surface area contributed by atoms with E-state index in [0.29, 0.717) is 12.0 Å². The monoisotopic (exact) mass is 350 g/mol. The van der Waals surface area contributed by atoms with Crippen LogP contribution in [0.3, 0.4) is 0 Å². The molecule has 2 aromatic carbocycles. The van der Waals surface area contributed by atoms with E-state index in [1.54, 1.807) is 12.1 Å². The average Bonchev–Trinajstić information content (AvgIpc) is 3.05. The van der Waals surface area contributed by atoms with Gasteiger partial charge in [-0.2, -0.15) is 0 Å². The van der Waals surface area contributed by atoms with Gasteiger partial charge < -0.3 is 5.11 Å². The second-order valence-corrected chi connectivity index (χ2v) is 6.28. The van der Waals surface area contributed by atoms with Crippen LogP contribution < -0.4 is 10.4 Å². The van der Waals surface area contributed by atoms with Crippen LogP contribution >= 0.6 is 0 Å². The molecule has 26 heavy (non-hydrogen) atoms. The van der Waals surface area contributed by atoms with E-state index in [0.717, 1.165) is 30.6 Å². The van der Waals surface area contributed by atoms with Gasteiger partial charge in [-0.1, -0.05) is 42.5 Å². The summed E-state index contributed by atoms with van der Waals surface area (Å²) in [5.74, 6) is -0.895. The minimum Gasteiger partial charge on any atom is -0.481 e. The third-order valence-electron chi connectivity index (χ3n) is 4.37. The van der Waals surface area contributed by atoms with Gasteiger partial charge in [0.2, 0.25) is 0 Å². The summed E-state index contributed by atoms with van der Waals surface area (Å²) in [5.41, 5.74) is 6.86. The zero-order chi connectivity index (χ0) is 18.4. The fourth-order valence-electron chi connectivity index (χ4n) is 2.98. The summed E-state index contributed by atoms with van der Waals surface area (Å²) in [4.78, 5) is 22.9. The molecule has 2 aromatic rings. The van der Waals surface area contributed by atoms with E-state index in [1.807, 2.05) is 47.5 Å². The first-order chi connectivity index (χ1) is 12.6. The lowest BCUT2D eigenvalue weighted by Gasteiger charge is -2.20. The number of nitrogens with one attached hydrogen (secondary N) is 1. The smallest absolute Gasteiger partial charge is 0.303 e. The molecule has 0 bridgehead atoms. The van der Waals surface area contributed by atoms with Crippen molar-refractivity contribution in [1.82, 2.24) is 5.43 Å². The number of allylic oxidation sites excluding steroid dienone is 1. The van der Waals surface area contributed by atoms with Crippen LogP contribution in [0.25, 0.3) is 6.08 Å². The predicted molar refractivity (Wildman–Crippen MR) is 102 cm³/mol. The number of benzene rings is 2. The fraction of sp³-hybridized carbons (Fsp3) is 0.238. The molecule has 0 aromatic heterocycles. The fourth-order valence-corrected chi connectivity index (χ4v) is 2.98. The molecule has 134 valence electrons. The second-order valence-electron chi connectivity index (χ2n) is 6.28. The number of rotatable bonds is 7. The standard InChI is InChI=1S/C21H22N2O3/c24-20(25)9-3-1-2-6-16-10-12-18(13-11-16)21(26)22-23-15-14-17-7-4-5-8-19(17)23/h2,4-8,10-13H,1,3,9,14-15H2,(H,22,26)(H,24,25)/b6-2-. The van der Waals surface area contributed by atoms with E-state index in [2.05, 4.69) is 11.5 Å². The summed E-state index contributed by atoms with van der Waals surface area (Å²) in [5, 5.41) is 10.5. The third-order valence-corrected chi connectivity index (χ3v) is 4.37. The van der Waals surface area contributed by atoms with Gasteiger partial charge in [-0.15, -0.1) is 0 Å². The van der Waals surface area contributed by atoms with E-state index in [-0.39, 0.29) is 12.3 Å². The van der Waals surface area contributed by atoms with Crippen molar-refractivity contribution in [1.29, 1.82) is 0 Å². The maximum atomic E-state index is 12.5. The Bertz CT molecular complexity index is 812. The van der Waals surface area contributed by atoms with Crippen molar-refractivity contribution in [3.8, 4) is 0 Å². The van der Waals surface area contributed by atoms with Gasteiger partial charge in [0.15, 0.2) is 0 Å². The van der Waals surface area contributed by atoms with E-state index in [9.17, 15) is 9.59 Å². The van der Waals surface area contributed by atoms with Gasteiger partial charge in [-0.25, -0.2) is 0 Å². The Kier molecular flexibility index (Phi) is 5.69. The molecule has 0 saturated heterocycles. The van der Waals surface area contributed by atoms with Crippen LogP contribution in [0.4, 0.5) is 5.69 Å². The normalized spacial score (nSPS) is 13.0. The van der Waals surface area contributed by atoms with Crippen molar-refractivity contribution in [2.45, 2.75) is 25.7 Å². The number of carboxylic acids is 1. The first kappa shape index (κ1) is 17.7. The molecule has 0 spiro atoms. The number of carbonyl (C=O) groups is 2. The lowest BCUT2D eigenvalue weighted by atomic mass is 10.1. The predicted octanol–water partition coefficient (Wildman–Crippen LogP) is 3.66. The van der Waals surface area contributed by atoms with Crippen molar-refractivity contribution in [2.75, 3.05) is 11.6 Å². The molecule has 5 heteroatoms. The van der Waals surface area contributed by atoms with Crippen molar-refractivity contribution in [2.24, 2.45) is 0 Å². The zero-order valence-corrected chi connectivity index (χ0v) is 14.5. The molecule has 0 radical (unpaired) electrons. The lowest BCUT2D eigenvalue weighted by molar-refractivity contribution is -0.137. The molecule has 0 saturated carbocycles. The van der Waals surface area contributed by atoms with Crippen molar-refractivity contribution < 1.29 is 14.7 Å². The maximum Gasteiger partial charge on any atom is 0.303 e. The molecule has 2 N–H and O–H groups in total. The molecule has 1 aliphatic heterocycles. The van der Waals surface area contributed by atoms with Gasteiger partial charge in [0.05, 0.1) is 5.69 Å². The number of fused-ring (bicyclic) bond motifs is 1. The highest BCUT2D eigenvalue weighted by Gasteiger charge is 2.20. The zero-order valence-electron chi connectivity index (χ0n) is 14.5. The van der Waals surface area contributed by atoms with Crippen LogP contribution in [0.5, 0.6) is 0 Å². The highest BCUT2D eigenvalue weighted by molar-refractivity contribution is 5.95. The van der Waals surface area contributed by atoms with Crippen LogP contribution in [0.2, 0.25) is 0 Å². The Hall–Kier alpha value is -3.08. The summed E-state index contributed by atoms with van der Waals surface area (Å²) in [6, 6.07) is 15.5. The number of amides is 1. The number of carboxylic acid groups (broad SMARTS) is 1. The quantitative estimate of drug-likeness (QED) is 0.748. The molecule has 1 aliphatic rings. The number of aliphatic carboxylic acids is 1. The molecule has 5 nitrogen and oxygen atoms in total. The van der Waals surface area contributed by atoms with E-state index < -0.39 is 5.97 Å². The number of hydrogen-bond acceptors (Lipinski definition) is 3. The Balaban J connectivity index is 1.54. The molecule has 0 unspecified atom stereocenters. The second kappa shape index (κ2) is 8.34.